The number of nitrogens with zero attached hydrogens (tertiary/aromatic N) is 2. The van der Waals surface area contributed by atoms with Crippen LogP contribution in [0.2, 0.25) is 0 Å². The molecule has 2 aromatic heterocycles. The third-order valence-corrected chi connectivity index (χ3v) is 7.32. The summed E-state index contributed by atoms with van der Waals surface area (Å²) >= 11 is 0. The molecule has 0 aliphatic heterocycles. The van der Waals surface area contributed by atoms with Crippen molar-refractivity contribution in [2.45, 2.75) is 43.9 Å². The van der Waals surface area contributed by atoms with Crippen LogP contribution in [0, 0.1) is 6.92 Å². The Bertz CT molecular complexity index is 1570. The van der Waals surface area contributed by atoms with Gasteiger partial charge in [0, 0.05) is 6.04 Å². The van der Waals surface area contributed by atoms with Crippen molar-refractivity contribution in [3.05, 3.63) is 93.9 Å². The van der Waals surface area contributed by atoms with E-state index in [9.17, 15) is 18.0 Å². The quantitative estimate of drug-likeness (QED) is 0.374. The molecule has 0 unspecified atom stereocenters. The molecule has 1 aliphatic rings. The van der Waals surface area contributed by atoms with Crippen LogP contribution in [0.15, 0.2) is 75.0 Å². The number of aryl methyl sites for hydroxylation is 1. The molecule has 1 aliphatic carbocycles. The first-order valence-corrected chi connectivity index (χ1v) is 12.6. The summed E-state index contributed by atoms with van der Waals surface area (Å²) in [7, 11) is -3.73. The molecule has 9 nitrogen and oxygen atoms in total. The molecule has 0 amide bonds. The van der Waals surface area contributed by atoms with Gasteiger partial charge in [0.1, 0.15) is 12.4 Å². The van der Waals surface area contributed by atoms with Gasteiger partial charge in [-0.15, -0.1) is 0 Å². The van der Waals surface area contributed by atoms with E-state index in [0.717, 1.165) is 12.8 Å². The molecular weight excluding hydrogens is 470 g/mol. The number of aromatic nitrogens is 2. The fraction of sp³-hybridized carbons (Fsp3) is 0.240. The Kier molecular flexibility index (Phi) is 6.00. The summed E-state index contributed by atoms with van der Waals surface area (Å²) in [5, 5.41) is 0.436. The molecule has 180 valence electrons. The van der Waals surface area contributed by atoms with Gasteiger partial charge in [-0.05, 0) is 61.7 Å². The van der Waals surface area contributed by atoms with Crippen LogP contribution in [0.4, 0.5) is 0 Å². The molecule has 0 saturated heterocycles. The molecule has 0 bridgehead atoms. The zero-order valence-corrected chi connectivity index (χ0v) is 19.7. The number of fused-ring (bicyclic) bond motifs is 1. The average Bonchev–Trinajstić information content (AvgIpc) is 3.49. The minimum atomic E-state index is -3.73. The van der Waals surface area contributed by atoms with Crippen LogP contribution >= 0.6 is 0 Å². The second kappa shape index (κ2) is 9.12. The van der Waals surface area contributed by atoms with Crippen molar-refractivity contribution in [1.82, 2.24) is 14.3 Å². The van der Waals surface area contributed by atoms with Gasteiger partial charge in [-0.25, -0.2) is 22.9 Å². The molecule has 0 spiro atoms. The largest absolute Gasteiger partial charge is 0.467 e. The number of ether oxygens (including phenoxy) is 1. The second-order valence-electron chi connectivity index (χ2n) is 8.46. The molecular formula is C25H23N3O6S. The van der Waals surface area contributed by atoms with Crippen LogP contribution < -0.4 is 10.3 Å². The van der Waals surface area contributed by atoms with Gasteiger partial charge < -0.3 is 9.15 Å². The Balaban J connectivity index is 1.43. The molecule has 1 saturated carbocycles. The number of nitrogens with one attached hydrogen (secondary N) is 1. The molecule has 4 aromatic rings. The predicted octanol–water partition coefficient (Wildman–Crippen LogP) is 3.14. The van der Waals surface area contributed by atoms with Crippen LogP contribution in [-0.2, 0) is 27.9 Å². The summed E-state index contributed by atoms with van der Waals surface area (Å²) in [6.07, 6.45) is 3.12. The number of furan rings is 1. The van der Waals surface area contributed by atoms with Gasteiger partial charge >= 0.3 is 5.97 Å². The van der Waals surface area contributed by atoms with Gasteiger partial charge in [0.25, 0.3) is 5.56 Å². The number of benzene rings is 2. The third-order valence-electron chi connectivity index (χ3n) is 5.81. The van der Waals surface area contributed by atoms with E-state index in [1.165, 1.54) is 23.0 Å². The number of hydrogen-bond acceptors (Lipinski definition) is 7. The van der Waals surface area contributed by atoms with Crippen molar-refractivity contribution >= 4 is 26.9 Å². The number of para-hydroxylation sites is 1. The van der Waals surface area contributed by atoms with E-state index in [-0.39, 0.29) is 41.0 Å². The first-order valence-electron chi connectivity index (χ1n) is 11.1. The summed E-state index contributed by atoms with van der Waals surface area (Å²) in [5.74, 6) is 0.0851. The topological polar surface area (TPSA) is 121 Å². The first-order chi connectivity index (χ1) is 16.8. The molecule has 10 heteroatoms. The van der Waals surface area contributed by atoms with E-state index in [0.29, 0.717) is 22.2 Å². The summed E-state index contributed by atoms with van der Waals surface area (Å²) in [5.41, 5.74) is 0.896. The minimum Gasteiger partial charge on any atom is -0.467 e. The van der Waals surface area contributed by atoms with E-state index in [2.05, 4.69) is 9.71 Å². The highest BCUT2D eigenvalue weighted by Gasteiger charge is 2.28. The summed E-state index contributed by atoms with van der Waals surface area (Å²) in [4.78, 5) is 30.7. The number of carbonyl (C=O) groups excluding carboxylic acids is 1. The van der Waals surface area contributed by atoms with Crippen molar-refractivity contribution < 1.29 is 22.4 Å². The lowest BCUT2D eigenvalue weighted by Gasteiger charge is -2.14. The van der Waals surface area contributed by atoms with E-state index in [1.54, 1.807) is 49.4 Å². The van der Waals surface area contributed by atoms with Gasteiger partial charge in [-0.3, -0.25) is 9.36 Å². The Labute approximate surface area is 201 Å². The maximum absolute atomic E-state index is 13.2. The SMILES string of the molecule is Cc1ccc(S(=O)(=O)NC2CC2)cc1C(=O)OCc1nc2ccccc2c(=O)n1Cc1ccco1. The molecule has 2 heterocycles. The smallest absolute Gasteiger partial charge is 0.338 e. The van der Waals surface area contributed by atoms with E-state index in [4.69, 9.17) is 9.15 Å². The van der Waals surface area contributed by atoms with Gasteiger partial charge in [-0.2, -0.15) is 0 Å². The predicted molar refractivity (Wildman–Crippen MR) is 127 cm³/mol. The lowest BCUT2D eigenvalue weighted by molar-refractivity contribution is 0.0455. The number of hydrogen-bond donors (Lipinski definition) is 1. The average molecular weight is 494 g/mol. The Morgan fingerprint density at radius 1 is 1.17 bits per heavy atom. The van der Waals surface area contributed by atoms with Gasteiger partial charge in [0.05, 0.1) is 34.2 Å². The van der Waals surface area contributed by atoms with Crippen molar-refractivity contribution in [3.8, 4) is 0 Å². The molecule has 35 heavy (non-hydrogen) atoms. The highest BCUT2D eigenvalue weighted by molar-refractivity contribution is 7.89. The van der Waals surface area contributed by atoms with Crippen LogP contribution in [0.1, 0.15) is 40.3 Å². The van der Waals surface area contributed by atoms with E-state index >= 15 is 0 Å². The fourth-order valence-corrected chi connectivity index (χ4v) is 5.06. The number of sulfonamides is 1. The van der Waals surface area contributed by atoms with Gasteiger partial charge in [-0.1, -0.05) is 18.2 Å². The summed E-state index contributed by atoms with van der Waals surface area (Å²) in [6.45, 7) is 1.54. The van der Waals surface area contributed by atoms with Crippen LogP contribution in [0.5, 0.6) is 0 Å². The van der Waals surface area contributed by atoms with Crippen molar-refractivity contribution in [3.63, 3.8) is 0 Å². The monoisotopic (exact) mass is 493 g/mol. The first kappa shape index (κ1) is 23.0. The summed E-state index contributed by atoms with van der Waals surface area (Å²) < 4.78 is 40.1. The van der Waals surface area contributed by atoms with Crippen molar-refractivity contribution in [1.29, 1.82) is 0 Å². The third kappa shape index (κ3) is 4.89. The lowest BCUT2D eigenvalue weighted by atomic mass is 10.1. The Hall–Kier alpha value is -3.76. The standard InChI is InChI=1S/C25H23N3O6S/c1-16-8-11-19(35(31,32)27-17-9-10-17)13-21(16)25(30)34-15-23-26-22-7-3-2-6-20(22)24(29)28(23)14-18-5-4-12-33-18/h2-8,11-13,17,27H,9-10,14-15H2,1H3. The maximum Gasteiger partial charge on any atom is 0.338 e. The Morgan fingerprint density at radius 2 is 1.97 bits per heavy atom. The zero-order chi connectivity index (χ0) is 24.6. The minimum absolute atomic E-state index is 0.000470. The van der Waals surface area contributed by atoms with Crippen molar-refractivity contribution in [2.24, 2.45) is 0 Å². The van der Waals surface area contributed by atoms with E-state index < -0.39 is 16.0 Å². The highest BCUT2D eigenvalue weighted by atomic mass is 32.2. The van der Waals surface area contributed by atoms with Crippen molar-refractivity contribution in [2.75, 3.05) is 0 Å². The molecule has 5 rings (SSSR count). The highest BCUT2D eigenvalue weighted by Crippen LogP contribution is 2.23. The molecule has 1 fully saturated rings. The molecule has 2 aromatic carbocycles. The number of esters is 1. The van der Waals surface area contributed by atoms with Crippen LogP contribution in [-0.4, -0.2) is 30.0 Å². The number of rotatable bonds is 8. The molecule has 0 atom stereocenters. The Morgan fingerprint density at radius 3 is 2.71 bits per heavy atom. The zero-order valence-electron chi connectivity index (χ0n) is 18.9. The normalized spacial score (nSPS) is 13.7. The van der Waals surface area contributed by atoms with E-state index in [1.807, 2.05) is 0 Å². The van der Waals surface area contributed by atoms with Gasteiger partial charge in [0.2, 0.25) is 10.0 Å². The summed E-state index contributed by atoms with van der Waals surface area (Å²) in [6, 6.07) is 14.7. The van der Waals surface area contributed by atoms with Crippen LogP contribution in [0.3, 0.4) is 0 Å². The molecule has 1 N–H and O–H groups in total. The molecule has 0 radical (unpaired) electrons. The fourth-order valence-electron chi connectivity index (χ4n) is 3.73. The van der Waals surface area contributed by atoms with Gasteiger partial charge in [0.15, 0.2) is 5.82 Å². The maximum atomic E-state index is 13.2. The second-order valence-corrected chi connectivity index (χ2v) is 10.2. The van der Waals surface area contributed by atoms with Crippen LogP contribution in [0.25, 0.3) is 10.9 Å². The number of carbonyl (C=O) groups is 1. The lowest BCUT2D eigenvalue weighted by Crippen LogP contribution is -2.27.